The molecule has 0 saturated carbocycles. The molecule has 5 rings (SSSR count). The number of nitrogens with zero attached hydrogens (tertiary/aromatic N) is 4. The fraction of sp³-hybridized carbons (Fsp3) is 0.500. The van der Waals surface area contributed by atoms with Crippen LogP contribution in [0.2, 0.25) is 0 Å². The van der Waals surface area contributed by atoms with Crippen molar-refractivity contribution in [1.82, 2.24) is 14.9 Å². The zero-order valence-electron chi connectivity index (χ0n) is 21.0. The second-order valence-electron chi connectivity index (χ2n) is 9.68. The molecule has 0 radical (unpaired) electrons. The topological polar surface area (TPSA) is 62.8 Å². The summed E-state index contributed by atoms with van der Waals surface area (Å²) in [6.45, 7) is 5.18. The van der Waals surface area contributed by atoms with Crippen molar-refractivity contribution in [3.05, 3.63) is 48.0 Å². The number of anilines is 2. The summed E-state index contributed by atoms with van der Waals surface area (Å²) in [6, 6.07) is 15.1. The summed E-state index contributed by atoms with van der Waals surface area (Å²) >= 11 is 0. The number of aromatic nitrogens is 2. The van der Waals surface area contributed by atoms with E-state index in [1.165, 1.54) is 31.2 Å². The van der Waals surface area contributed by atoms with Crippen molar-refractivity contribution in [2.24, 2.45) is 0 Å². The van der Waals surface area contributed by atoms with Gasteiger partial charge >= 0.3 is 0 Å². The Hall–Kier alpha value is -3.06. The number of benzene rings is 2. The zero-order chi connectivity index (χ0) is 24.0. The van der Waals surface area contributed by atoms with Gasteiger partial charge in [-0.25, -0.2) is 4.98 Å². The summed E-state index contributed by atoms with van der Waals surface area (Å²) < 4.78 is 11.2. The van der Waals surface area contributed by atoms with Crippen molar-refractivity contribution in [2.75, 3.05) is 50.6 Å². The largest absolute Gasteiger partial charge is 0.493 e. The van der Waals surface area contributed by atoms with Gasteiger partial charge in [-0.05, 0) is 37.3 Å². The van der Waals surface area contributed by atoms with Gasteiger partial charge in [0, 0.05) is 50.2 Å². The number of hydrogen-bond donors (Lipinski definition) is 1. The Morgan fingerprint density at radius 3 is 2.23 bits per heavy atom. The SMILES string of the molecule is COc1cc2nc(N3CCCCCC3)nc(NC3CCN(Cc4ccccc4)CC3)c2cc1OC. The molecule has 0 spiro atoms. The van der Waals surface area contributed by atoms with Crippen LogP contribution in [-0.4, -0.2) is 61.3 Å². The van der Waals surface area contributed by atoms with Gasteiger partial charge in [0.15, 0.2) is 11.5 Å². The highest BCUT2D eigenvalue weighted by Crippen LogP contribution is 2.36. The lowest BCUT2D eigenvalue weighted by Gasteiger charge is -2.33. The van der Waals surface area contributed by atoms with E-state index in [2.05, 4.69) is 45.4 Å². The Morgan fingerprint density at radius 2 is 1.54 bits per heavy atom. The normalized spacial score (nSPS) is 17.8. The van der Waals surface area contributed by atoms with Crippen molar-refractivity contribution in [2.45, 2.75) is 51.1 Å². The lowest BCUT2D eigenvalue weighted by Crippen LogP contribution is -2.39. The van der Waals surface area contributed by atoms with E-state index < -0.39 is 0 Å². The molecule has 7 heteroatoms. The maximum atomic E-state index is 5.60. The molecule has 0 bridgehead atoms. The van der Waals surface area contributed by atoms with Crippen molar-refractivity contribution in [1.29, 1.82) is 0 Å². The molecular formula is C28H37N5O2. The van der Waals surface area contributed by atoms with Crippen molar-refractivity contribution >= 4 is 22.7 Å². The van der Waals surface area contributed by atoms with E-state index in [0.717, 1.165) is 68.2 Å². The molecule has 2 fully saturated rings. The van der Waals surface area contributed by atoms with Gasteiger partial charge in [-0.1, -0.05) is 43.2 Å². The van der Waals surface area contributed by atoms with Gasteiger partial charge in [0.05, 0.1) is 19.7 Å². The molecular weight excluding hydrogens is 438 g/mol. The third-order valence-corrected chi connectivity index (χ3v) is 7.26. The Morgan fingerprint density at radius 1 is 0.857 bits per heavy atom. The van der Waals surface area contributed by atoms with E-state index in [1.807, 2.05) is 12.1 Å². The summed E-state index contributed by atoms with van der Waals surface area (Å²) in [6.07, 6.45) is 7.12. The number of ether oxygens (including phenoxy) is 2. The number of piperidine rings is 1. The average molecular weight is 476 g/mol. The molecule has 2 aliphatic rings. The van der Waals surface area contributed by atoms with Gasteiger partial charge in [-0.3, -0.25) is 4.90 Å². The zero-order valence-corrected chi connectivity index (χ0v) is 21.0. The standard InChI is InChI=1S/C28H37N5O2/c1-34-25-18-23-24(19-26(25)35-2)30-28(33-14-8-3-4-9-15-33)31-27(23)29-22-12-16-32(17-13-22)20-21-10-6-5-7-11-21/h5-7,10-11,18-19,22H,3-4,8-9,12-17,20H2,1-2H3,(H,29,30,31). The molecule has 1 N–H and O–H groups in total. The summed E-state index contributed by atoms with van der Waals surface area (Å²) in [5, 5.41) is 4.77. The van der Waals surface area contributed by atoms with Crippen molar-refractivity contribution in [3.8, 4) is 11.5 Å². The monoisotopic (exact) mass is 475 g/mol. The molecule has 2 saturated heterocycles. The van der Waals surface area contributed by atoms with Crippen LogP contribution in [0.25, 0.3) is 10.9 Å². The van der Waals surface area contributed by atoms with Gasteiger partial charge in [-0.15, -0.1) is 0 Å². The number of likely N-dealkylation sites (tertiary alicyclic amines) is 1. The predicted octanol–water partition coefficient (Wildman–Crippen LogP) is 5.10. The minimum Gasteiger partial charge on any atom is -0.493 e. The highest BCUT2D eigenvalue weighted by atomic mass is 16.5. The van der Waals surface area contributed by atoms with E-state index in [4.69, 9.17) is 19.4 Å². The average Bonchev–Trinajstić information content (AvgIpc) is 3.19. The van der Waals surface area contributed by atoms with E-state index in [1.54, 1.807) is 14.2 Å². The van der Waals surface area contributed by atoms with Gasteiger partial charge in [0.2, 0.25) is 5.95 Å². The second kappa shape index (κ2) is 11.1. The first-order valence-corrected chi connectivity index (χ1v) is 12.9. The predicted molar refractivity (Wildman–Crippen MR) is 142 cm³/mol. The molecule has 1 aromatic heterocycles. The summed E-state index contributed by atoms with van der Waals surface area (Å²) in [4.78, 5) is 14.9. The first-order valence-electron chi connectivity index (χ1n) is 12.9. The van der Waals surface area contributed by atoms with Crippen LogP contribution in [0.15, 0.2) is 42.5 Å². The Balaban J connectivity index is 1.38. The minimum atomic E-state index is 0.380. The van der Waals surface area contributed by atoms with Crippen LogP contribution in [0.3, 0.4) is 0 Å². The minimum absolute atomic E-state index is 0.380. The maximum Gasteiger partial charge on any atom is 0.227 e. The van der Waals surface area contributed by atoms with Gasteiger partial charge in [0.25, 0.3) is 0 Å². The summed E-state index contributed by atoms with van der Waals surface area (Å²) in [7, 11) is 3.34. The molecule has 0 aliphatic carbocycles. The fourth-order valence-electron chi connectivity index (χ4n) is 5.24. The number of hydrogen-bond acceptors (Lipinski definition) is 7. The third kappa shape index (κ3) is 5.61. The molecule has 0 amide bonds. The number of methoxy groups -OCH3 is 2. The van der Waals surface area contributed by atoms with Gasteiger partial charge in [0.1, 0.15) is 5.82 Å². The van der Waals surface area contributed by atoms with Gasteiger partial charge in [-0.2, -0.15) is 4.98 Å². The van der Waals surface area contributed by atoms with E-state index in [9.17, 15) is 0 Å². The molecule has 2 aliphatic heterocycles. The lowest BCUT2D eigenvalue weighted by molar-refractivity contribution is 0.211. The first-order chi connectivity index (χ1) is 17.2. The molecule has 35 heavy (non-hydrogen) atoms. The Labute approximate surface area is 208 Å². The van der Waals surface area contributed by atoms with Crippen molar-refractivity contribution in [3.63, 3.8) is 0 Å². The van der Waals surface area contributed by atoms with E-state index >= 15 is 0 Å². The lowest BCUT2D eigenvalue weighted by atomic mass is 10.0. The molecule has 0 unspecified atom stereocenters. The van der Waals surface area contributed by atoms with Gasteiger partial charge < -0.3 is 19.7 Å². The quantitative estimate of drug-likeness (QED) is 0.510. The molecule has 7 nitrogen and oxygen atoms in total. The maximum absolute atomic E-state index is 5.60. The van der Waals surface area contributed by atoms with E-state index in [0.29, 0.717) is 17.5 Å². The van der Waals surface area contributed by atoms with Crippen LogP contribution in [0, 0.1) is 0 Å². The van der Waals surface area contributed by atoms with Crippen LogP contribution < -0.4 is 19.7 Å². The number of nitrogens with one attached hydrogen (secondary N) is 1. The van der Waals surface area contributed by atoms with Crippen LogP contribution in [0.1, 0.15) is 44.1 Å². The Kier molecular flexibility index (Phi) is 7.52. The second-order valence-corrected chi connectivity index (χ2v) is 9.68. The van der Waals surface area contributed by atoms with Crippen LogP contribution in [-0.2, 0) is 6.54 Å². The highest BCUT2D eigenvalue weighted by molar-refractivity contribution is 5.93. The Bertz CT molecular complexity index is 1110. The molecule has 2 aromatic carbocycles. The number of fused-ring (bicyclic) bond motifs is 1. The van der Waals surface area contributed by atoms with Crippen LogP contribution in [0.5, 0.6) is 11.5 Å². The summed E-state index contributed by atoms with van der Waals surface area (Å²) in [5.41, 5.74) is 2.27. The first kappa shape index (κ1) is 23.7. The smallest absolute Gasteiger partial charge is 0.227 e. The molecule has 3 aromatic rings. The molecule has 0 atom stereocenters. The van der Waals surface area contributed by atoms with Crippen LogP contribution in [0.4, 0.5) is 11.8 Å². The fourth-order valence-corrected chi connectivity index (χ4v) is 5.24. The van der Waals surface area contributed by atoms with Crippen LogP contribution >= 0.6 is 0 Å². The third-order valence-electron chi connectivity index (χ3n) is 7.26. The molecule has 3 heterocycles. The highest BCUT2D eigenvalue weighted by Gasteiger charge is 2.23. The summed E-state index contributed by atoms with van der Waals surface area (Å²) in [5.74, 6) is 3.11. The van der Waals surface area contributed by atoms with E-state index in [-0.39, 0.29) is 0 Å². The van der Waals surface area contributed by atoms with Crippen molar-refractivity contribution < 1.29 is 9.47 Å². The molecule has 186 valence electrons. The number of rotatable bonds is 7.